The van der Waals surface area contributed by atoms with E-state index in [1.807, 2.05) is 50.4 Å². The Kier molecular flexibility index (Phi) is 4.16. The van der Waals surface area contributed by atoms with Gasteiger partial charge in [-0.25, -0.2) is 4.79 Å². The van der Waals surface area contributed by atoms with Crippen LogP contribution in [0.1, 0.15) is 19.4 Å². The summed E-state index contributed by atoms with van der Waals surface area (Å²) in [6.45, 7) is 4.26. The van der Waals surface area contributed by atoms with Gasteiger partial charge in [0.15, 0.2) is 0 Å². The van der Waals surface area contributed by atoms with E-state index < -0.39 is 6.04 Å². The second kappa shape index (κ2) is 5.81. The van der Waals surface area contributed by atoms with E-state index >= 15 is 0 Å². The Morgan fingerprint density at radius 1 is 1.36 bits per heavy atom. The van der Waals surface area contributed by atoms with E-state index in [-0.39, 0.29) is 33.9 Å². The van der Waals surface area contributed by atoms with E-state index in [0.29, 0.717) is 0 Å². The van der Waals surface area contributed by atoms with Crippen molar-refractivity contribution in [3.63, 3.8) is 0 Å². The summed E-state index contributed by atoms with van der Waals surface area (Å²) < 4.78 is 5.14. The van der Waals surface area contributed by atoms with Crippen LogP contribution in [-0.4, -0.2) is 44.4 Å². The van der Waals surface area contributed by atoms with Gasteiger partial charge in [-0.05, 0) is 25.7 Å². The molecule has 0 radical (unpaired) electrons. The molecule has 1 aromatic carbocycles. The smallest absolute Gasteiger partial charge is 0.330 e. The number of ether oxygens (including phenoxy) is 1. The Labute approximate surface area is 139 Å². The number of hydrogen-bond acceptors (Lipinski definition) is 5. The average molecular weight is 337 g/mol. The fraction of sp³-hybridized carbons (Fsp3) is 0.500. The van der Waals surface area contributed by atoms with Gasteiger partial charge in [-0.1, -0.05) is 30.3 Å². The Hall–Kier alpha value is -1.14. The summed E-state index contributed by atoms with van der Waals surface area (Å²) >= 11 is 3.25. The summed E-state index contributed by atoms with van der Waals surface area (Å²) in [4.78, 5) is 26.5. The van der Waals surface area contributed by atoms with Crippen LogP contribution in [-0.2, 0) is 20.9 Å². The number of esters is 1. The van der Waals surface area contributed by atoms with Crippen molar-refractivity contribution in [1.82, 2.24) is 4.90 Å². The zero-order chi connectivity index (χ0) is 15.9. The molecule has 4 nitrogen and oxygen atoms in total. The molecule has 0 aliphatic carbocycles. The topological polar surface area (TPSA) is 46.6 Å². The third kappa shape index (κ3) is 2.52. The van der Waals surface area contributed by atoms with Crippen molar-refractivity contribution >= 4 is 35.4 Å². The van der Waals surface area contributed by atoms with Gasteiger partial charge in [0.05, 0.1) is 0 Å². The summed E-state index contributed by atoms with van der Waals surface area (Å²) in [6.07, 6.45) is 1.94. The van der Waals surface area contributed by atoms with Crippen molar-refractivity contribution in [2.45, 2.75) is 41.9 Å². The lowest BCUT2D eigenvalue weighted by molar-refractivity contribution is -0.161. The van der Waals surface area contributed by atoms with Crippen LogP contribution in [0.5, 0.6) is 0 Å². The zero-order valence-electron chi connectivity index (χ0n) is 12.8. The molecule has 0 spiro atoms. The molecule has 3 rings (SSSR count). The molecule has 2 aliphatic heterocycles. The first kappa shape index (κ1) is 15.7. The third-order valence-electron chi connectivity index (χ3n) is 4.09. The molecule has 2 saturated heterocycles. The summed E-state index contributed by atoms with van der Waals surface area (Å²) in [5, 5.41) is 0.0583. The Morgan fingerprint density at radius 2 is 2.05 bits per heavy atom. The number of fused-ring (bicyclic) bond motifs is 1. The van der Waals surface area contributed by atoms with Crippen molar-refractivity contribution in [3.05, 3.63) is 35.9 Å². The van der Waals surface area contributed by atoms with Gasteiger partial charge in [0, 0.05) is 4.75 Å². The molecule has 2 fully saturated rings. The van der Waals surface area contributed by atoms with Crippen LogP contribution in [0.4, 0.5) is 0 Å². The first-order valence-corrected chi connectivity index (χ1v) is 9.36. The second-order valence-corrected chi connectivity index (χ2v) is 8.76. The van der Waals surface area contributed by atoms with Gasteiger partial charge in [0.25, 0.3) is 0 Å². The van der Waals surface area contributed by atoms with Crippen LogP contribution in [0.25, 0.3) is 0 Å². The molecule has 1 aromatic rings. The molecule has 6 heteroatoms. The highest BCUT2D eigenvalue weighted by molar-refractivity contribution is 8.05. The molecule has 2 heterocycles. The number of carbonyl (C=O) groups excluding carboxylic acids is 2. The SMILES string of the molecule is CS[C@@H]1C(=O)N2[C@@H]1SC(C)(C)[C@@H]2C(=O)OCc1ccccc1. The van der Waals surface area contributed by atoms with E-state index in [4.69, 9.17) is 4.74 Å². The van der Waals surface area contributed by atoms with E-state index in [0.717, 1.165) is 5.56 Å². The third-order valence-corrected chi connectivity index (χ3v) is 6.80. The quantitative estimate of drug-likeness (QED) is 0.624. The minimum absolute atomic E-state index is 0.0313. The normalized spacial score (nSPS) is 29.0. The summed E-state index contributed by atoms with van der Waals surface area (Å²) in [5.41, 5.74) is 0.952. The molecule has 0 bridgehead atoms. The maximum Gasteiger partial charge on any atom is 0.330 e. The van der Waals surface area contributed by atoms with Crippen LogP contribution in [0.15, 0.2) is 30.3 Å². The molecule has 0 saturated carbocycles. The van der Waals surface area contributed by atoms with Crippen LogP contribution in [0.2, 0.25) is 0 Å². The fourth-order valence-electron chi connectivity index (χ4n) is 2.98. The number of β-lactam (4-membered cyclic amide) rings is 1. The van der Waals surface area contributed by atoms with E-state index in [1.54, 1.807) is 28.4 Å². The molecule has 0 aromatic heterocycles. The van der Waals surface area contributed by atoms with Gasteiger partial charge < -0.3 is 9.64 Å². The Morgan fingerprint density at radius 3 is 2.68 bits per heavy atom. The van der Waals surface area contributed by atoms with Gasteiger partial charge in [-0.15, -0.1) is 23.5 Å². The number of benzene rings is 1. The van der Waals surface area contributed by atoms with Crippen molar-refractivity contribution in [3.8, 4) is 0 Å². The lowest BCUT2D eigenvalue weighted by Crippen LogP contribution is -2.64. The lowest BCUT2D eigenvalue weighted by Gasteiger charge is -2.43. The summed E-state index contributed by atoms with van der Waals surface area (Å²) in [6, 6.07) is 9.09. The fourth-order valence-corrected chi connectivity index (χ4v) is 5.71. The van der Waals surface area contributed by atoms with Crippen LogP contribution in [0, 0.1) is 0 Å². The number of hydrogen-bond donors (Lipinski definition) is 0. The Bertz CT molecular complexity index is 590. The summed E-state index contributed by atoms with van der Waals surface area (Å²) in [5.74, 6) is -0.256. The standard InChI is InChI=1S/C16H19NO3S2/c1-16(2)12(17-13(18)11(21-3)14(17)22-16)15(19)20-9-10-7-5-4-6-8-10/h4-8,11-12,14H,9H2,1-3H3/t11-,12+,14-/m1/s1. The Balaban J connectivity index is 1.70. The largest absolute Gasteiger partial charge is 0.459 e. The summed E-state index contributed by atoms with van der Waals surface area (Å²) in [7, 11) is 0. The molecule has 22 heavy (non-hydrogen) atoms. The molecule has 1 amide bonds. The number of nitrogens with zero attached hydrogens (tertiary/aromatic N) is 1. The maximum atomic E-state index is 12.5. The molecule has 0 N–H and O–H groups in total. The highest BCUT2D eigenvalue weighted by atomic mass is 32.2. The highest BCUT2D eigenvalue weighted by Crippen LogP contribution is 2.53. The minimum Gasteiger partial charge on any atom is -0.459 e. The van der Waals surface area contributed by atoms with Crippen molar-refractivity contribution in [1.29, 1.82) is 0 Å². The van der Waals surface area contributed by atoms with Crippen molar-refractivity contribution in [2.24, 2.45) is 0 Å². The van der Waals surface area contributed by atoms with Gasteiger partial charge >= 0.3 is 5.97 Å². The van der Waals surface area contributed by atoms with Crippen LogP contribution < -0.4 is 0 Å². The highest BCUT2D eigenvalue weighted by Gasteiger charge is 2.63. The number of carbonyl (C=O) groups is 2. The monoisotopic (exact) mass is 337 g/mol. The van der Waals surface area contributed by atoms with Gasteiger partial charge in [0.2, 0.25) is 5.91 Å². The molecule has 2 aliphatic rings. The van der Waals surface area contributed by atoms with E-state index in [2.05, 4.69) is 0 Å². The minimum atomic E-state index is -0.498. The second-order valence-electron chi connectivity index (χ2n) is 6.01. The average Bonchev–Trinajstić information content (AvgIpc) is 2.74. The predicted molar refractivity (Wildman–Crippen MR) is 89.6 cm³/mol. The number of thioether (sulfide) groups is 2. The van der Waals surface area contributed by atoms with Crippen molar-refractivity contribution < 1.29 is 14.3 Å². The van der Waals surface area contributed by atoms with Gasteiger partial charge in [0.1, 0.15) is 23.3 Å². The van der Waals surface area contributed by atoms with Crippen LogP contribution >= 0.6 is 23.5 Å². The van der Waals surface area contributed by atoms with Crippen molar-refractivity contribution in [2.75, 3.05) is 6.26 Å². The van der Waals surface area contributed by atoms with Gasteiger partial charge in [-0.3, -0.25) is 4.79 Å². The lowest BCUT2D eigenvalue weighted by atomic mass is 9.98. The number of amides is 1. The first-order valence-electron chi connectivity index (χ1n) is 7.19. The van der Waals surface area contributed by atoms with Crippen LogP contribution in [0.3, 0.4) is 0 Å². The molecular weight excluding hydrogens is 318 g/mol. The molecular formula is C16H19NO3S2. The molecule has 118 valence electrons. The van der Waals surface area contributed by atoms with E-state index in [1.165, 1.54) is 0 Å². The predicted octanol–water partition coefficient (Wildman–Crippen LogP) is 2.52. The maximum absolute atomic E-state index is 12.5. The first-order chi connectivity index (χ1) is 10.5. The van der Waals surface area contributed by atoms with E-state index in [9.17, 15) is 9.59 Å². The zero-order valence-corrected chi connectivity index (χ0v) is 14.4. The number of rotatable bonds is 4. The molecule has 0 unspecified atom stereocenters. The van der Waals surface area contributed by atoms with Gasteiger partial charge in [-0.2, -0.15) is 0 Å². The molecule has 3 atom stereocenters.